The Morgan fingerprint density at radius 1 is 1.14 bits per heavy atom. The molecule has 2 heterocycles. The summed E-state index contributed by atoms with van der Waals surface area (Å²) in [4.78, 5) is 14.4. The average molecular weight is 457 g/mol. The Balaban J connectivity index is 1.31. The van der Waals surface area contributed by atoms with E-state index in [4.69, 9.17) is 17.4 Å². The molecule has 4 rings (SSSR count). The number of carbonyl (C=O) groups excluding carboxylic acids is 1. The summed E-state index contributed by atoms with van der Waals surface area (Å²) in [7, 11) is -3.59. The minimum absolute atomic E-state index is 0.0745. The fourth-order valence-corrected chi connectivity index (χ4v) is 5.47. The molecule has 1 aromatic heterocycles. The lowest BCUT2D eigenvalue weighted by Crippen LogP contribution is -2.51. The van der Waals surface area contributed by atoms with Crippen molar-refractivity contribution in [2.24, 2.45) is 0 Å². The fraction of sp³-hybridized carbons (Fsp3) is 0.471. The van der Waals surface area contributed by atoms with Crippen molar-refractivity contribution in [2.45, 2.75) is 28.8 Å². The first-order valence-corrected chi connectivity index (χ1v) is 12.0. The van der Waals surface area contributed by atoms with Gasteiger partial charge in [0.25, 0.3) is 0 Å². The highest BCUT2D eigenvalue weighted by Gasteiger charge is 2.31. The van der Waals surface area contributed by atoms with Gasteiger partial charge in [0, 0.05) is 37.1 Å². The highest BCUT2D eigenvalue weighted by Crippen LogP contribution is 2.39. The van der Waals surface area contributed by atoms with Gasteiger partial charge in [-0.15, -0.1) is 10.2 Å². The number of rotatable bonds is 6. The maximum Gasteiger partial charge on any atom is 0.243 e. The van der Waals surface area contributed by atoms with Gasteiger partial charge < -0.3 is 10.7 Å². The number of benzene rings is 1. The third kappa shape index (κ3) is 4.37. The van der Waals surface area contributed by atoms with E-state index in [-0.39, 0.29) is 29.6 Å². The van der Waals surface area contributed by atoms with Crippen LogP contribution in [0.2, 0.25) is 5.02 Å². The Kier molecular flexibility index (Phi) is 5.74. The summed E-state index contributed by atoms with van der Waals surface area (Å²) in [6, 6.07) is 6.09. The van der Waals surface area contributed by atoms with Crippen molar-refractivity contribution in [2.75, 3.05) is 37.8 Å². The zero-order valence-electron chi connectivity index (χ0n) is 15.6. The normalized spacial score (nSPS) is 18.2. The van der Waals surface area contributed by atoms with Crippen LogP contribution in [0.3, 0.4) is 0 Å². The van der Waals surface area contributed by atoms with Gasteiger partial charge in [0.15, 0.2) is 5.82 Å². The molecule has 2 N–H and O–H groups in total. The van der Waals surface area contributed by atoms with E-state index in [2.05, 4.69) is 10.2 Å². The highest BCUT2D eigenvalue weighted by molar-refractivity contribution is 7.99. The molecule has 0 atom stereocenters. The van der Waals surface area contributed by atoms with Gasteiger partial charge in [-0.05, 0) is 37.1 Å². The summed E-state index contributed by atoms with van der Waals surface area (Å²) in [5.74, 6) is 7.26. The van der Waals surface area contributed by atoms with E-state index in [1.807, 2.05) is 0 Å². The first-order chi connectivity index (χ1) is 13.9. The number of piperazine rings is 1. The van der Waals surface area contributed by atoms with Crippen LogP contribution in [-0.4, -0.2) is 70.3 Å². The van der Waals surface area contributed by atoms with Gasteiger partial charge in [-0.2, -0.15) is 4.31 Å². The number of amides is 1. The number of carbonyl (C=O) groups is 1. The topological polar surface area (TPSA) is 114 Å². The van der Waals surface area contributed by atoms with Crippen molar-refractivity contribution in [1.82, 2.24) is 24.1 Å². The smallest absolute Gasteiger partial charge is 0.243 e. The lowest BCUT2D eigenvalue weighted by atomic mass is 10.3. The Morgan fingerprint density at radius 3 is 2.41 bits per heavy atom. The number of hydrogen-bond donors (Lipinski definition) is 1. The predicted molar refractivity (Wildman–Crippen MR) is 110 cm³/mol. The molecule has 0 spiro atoms. The molecule has 1 saturated carbocycles. The molecule has 9 nitrogen and oxygen atoms in total. The summed E-state index contributed by atoms with van der Waals surface area (Å²) in [6.45, 7) is 1.18. The van der Waals surface area contributed by atoms with E-state index in [0.29, 0.717) is 29.2 Å². The van der Waals surface area contributed by atoms with Gasteiger partial charge >= 0.3 is 0 Å². The number of aromatic nitrogens is 3. The third-order valence-corrected chi connectivity index (χ3v) is 8.09. The lowest BCUT2D eigenvalue weighted by Gasteiger charge is -2.34. The molecule has 1 aliphatic carbocycles. The number of sulfonamides is 1. The minimum atomic E-state index is -3.59. The number of nitrogens with zero attached hydrogens (tertiary/aromatic N) is 5. The van der Waals surface area contributed by atoms with Crippen molar-refractivity contribution in [1.29, 1.82) is 0 Å². The minimum Gasteiger partial charge on any atom is -0.339 e. The van der Waals surface area contributed by atoms with Crippen LogP contribution in [0.15, 0.2) is 34.3 Å². The maximum atomic E-state index is 12.7. The zero-order valence-corrected chi connectivity index (χ0v) is 18.0. The van der Waals surface area contributed by atoms with Gasteiger partial charge in [-0.1, -0.05) is 23.4 Å². The number of thioether (sulfide) groups is 1. The van der Waals surface area contributed by atoms with Crippen molar-refractivity contribution in [3.8, 4) is 0 Å². The molecule has 1 amide bonds. The number of hydrogen-bond acceptors (Lipinski definition) is 7. The van der Waals surface area contributed by atoms with Crippen molar-refractivity contribution in [3.05, 3.63) is 35.1 Å². The first-order valence-electron chi connectivity index (χ1n) is 9.23. The van der Waals surface area contributed by atoms with E-state index < -0.39 is 10.0 Å². The van der Waals surface area contributed by atoms with Crippen LogP contribution in [0.5, 0.6) is 0 Å². The molecule has 156 valence electrons. The second kappa shape index (κ2) is 8.13. The van der Waals surface area contributed by atoms with Crippen molar-refractivity contribution in [3.63, 3.8) is 0 Å². The van der Waals surface area contributed by atoms with Crippen LogP contribution in [0.4, 0.5) is 0 Å². The molecule has 1 saturated heterocycles. The molecule has 0 radical (unpaired) electrons. The van der Waals surface area contributed by atoms with Crippen LogP contribution in [0.1, 0.15) is 24.6 Å². The Morgan fingerprint density at radius 2 is 1.79 bits per heavy atom. The van der Waals surface area contributed by atoms with Crippen molar-refractivity contribution >= 4 is 39.3 Å². The van der Waals surface area contributed by atoms with E-state index in [1.54, 1.807) is 17.0 Å². The number of nitrogens with two attached hydrogens (primary N) is 1. The summed E-state index contributed by atoms with van der Waals surface area (Å²) < 4.78 is 28.3. The van der Waals surface area contributed by atoms with Crippen LogP contribution in [-0.2, 0) is 14.8 Å². The molecule has 0 bridgehead atoms. The summed E-state index contributed by atoms with van der Waals surface area (Å²) in [5, 5.41) is 9.16. The van der Waals surface area contributed by atoms with E-state index in [1.165, 1.54) is 32.9 Å². The van der Waals surface area contributed by atoms with Gasteiger partial charge in [-0.3, -0.25) is 4.79 Å². The van der Waals surface area contributed by atoms with Gasteiger partial charge in [-0.25, -0.2) is 13.1 Å². The molecular weight excluding hydrogens is 436 g/mol. The molecule has 1 aliphatic heterocycles. The van der Waals surface area contributed by atoms with Crippen LogP contribution in [0, 0.1) is 0 Å². The monoisotopic (exact) mass is 456 g/mol. The maximum absolute atomic E-state index is 12.7. The summed E-state index contributed by atoms with van der Waals surface area (Å²) in [5.41, 5.74) is 0. The van der Waals surface area contributed by atoms with Gasteiger partial charge in [0.2, 0.25) is 21.1 Å². The van der Waals surface area contributed by atoms with Gasteiger partial charge in [0.1, 0.15) is 0 Å². The van der Waals surface area contributed by atoms with Crippen molar-refractivity contribution < 1.29 is 13.2 Å². The Bertz CT molecular complexity index is 999. The van der Waals surface area contributed by atoms with Crippen LogP contribution in [0.25, 0.3) is 0 Å². The first kappa shape index (κ1) is 20.5. The van der Waals surface area contributed by atoms with E-state index in [0.717, 1.165) is 18.7 Å². The standard InChI is InChI=1S/C17H21ClN6O3S2/c18-13-3-5-14(6-4-13)29(26,27)23-9-7-22(8-10-23)15(25)11-28-17-21-20-16(24(17)19)12-1-2-12/h3-6,12H,1-2,7-11,19H2. The molecule has 12 heteroatoms. The fourth-order valence-electron chi connectivity index (χ4n) is 3.16. The highest BCUT2D eigenvalue weighted by atomic mass is 35.5. The second-order valence-corrected chi connectivity index (χ2v) is 10.3. The van der Waals surface area contributed by atoms with E-state index in [9.17, 15) is 13.2 Å². The van der Waals surface area contributed by atoms with Gasteiger partial charge in [0.05, 0.1) is 10.6 Å². The largest absolute Gasteiger partial charge is 0.339 e. The molecule has 0 unspecified atom stereocenters. The van der Waals surface area contributed by atoms with Crippen LogP contribution < -0.4 is 5.84 Å². The molecule has 29 heavy (non-hydrogen) atoms. The molecular formula is C17H21ClN6O3S2. The lowest BCUT2D eigenvalue weighted by molar-refractivity contribution is -0.129. The van der Waals surface area contributed by atoms with Crippen LogP contribution >= 0.6 is 23.4 Å². The Labute approximate surface area is 178 Å². The van der Waals surface area contributed by atoms with E-state index >= 15 is 0 Å². The summed E-state index contributed by atoms with van der Waals surface area (Å²) in [6.07, 6.45) is 2.14. The molecule has 2 aromatic rings. The quantitative estimate of drug-likeness (QED) is 0.512. The predicted octanol–water partition coefficient (Wildman–Crippen LogP) is 1.15. The average Bonchev–Trinajstić information content (AvgIpc) is 3.49. The SMILES string of the molecule is Nn1c(SCC(=O)N2CCN(S(=O)(=O)c3ccc(Cl)cc3)CC2)nnc1C1CC1. The Hall–Kier alpha value is -1.82. The second-order valence-electron chi connectivity index (χ2n) is 7.01. The number of halogens is 1. The third-order valence-electron chi connectivity index (χ3n) is 5.00. The molecule has 2 aliphatic rings. The molecule has 1 aromatic carbocycles. The number of nitrogen functional groups attached to an aromatic ring is 1. The zero-order chi connectivity index (χ0) is 20.6. The molecule has 2 fully saturated rings. The summed E-state index contributed by atoms with van der Waals surface area (Å²) >= 11 is 7.08.